The van der Waals surface area contributed by atoms with E-state index >= 15 is 0 Å². The second-order valence-electron chi connectivity index (χ2n) is 6.60. The van der Waals surface area contributed by atoms with Crippen LogP contribution in [-0.4, -0.2) is 67.1 Å². The van der Waals surface area contributed by atoms with Gasteiger partial charge in [-0.2, -0.15) is 0 Å². The number of carbonyl (C=O) groups is 1. The Kier molecular flexibility index (Phi) is 9.50. The number of aromatic nitrogens is 1. The number of nitrogens with zero attached hydrogens (tertiary/aromatic N) is 3. The van der Waals surface area contributed by atoms with Gasteiger partial charge in [-0.15, -0.1) is 24.8 Å². The highest BCUT2D eigenvalue weighted by atomic mass is 35.5. The van der Waals surface area contributed by atoms with Crippen molar-refractivity contribution >= 4 is 36.5 Å². The number of piperazine rings is 1. The summed E-state index contributed by atoms with van der Waals surface area (Å²) in [5.74, 6) is 1.19. The summed E-state index contributed by atoms with van der Waals surface area (Å²) in [5, 5.41) is 6.61. The summed E-state index contributed by atoms with van der Waals surface area (Å²) in [6.45, 7) is 7.35. The van der Waals surface area contributed by atoms with Gasteiger partial charge in [0.1, 0.15) is 5.82 Å². The molecule has 0 spiro atoms. The Morgan fingerprint density at radius 1 is 1.28 bits per heavy atom. The quantitative estimate of drug-likeness (QED) is 0.812. The van der Waals surface area contributed by atoms with Gasteiger partial charge in [0.05, 0.1) is 6.54 Å². The lowest BCUT2D eigenvalue weighted by Crippen LogP contribution is -2.52. The summed E-state index contributed by atoms with van der Waals surface area (Å²) >= 11 is 0. The SMILES string of the molecule is CC1CC(NC(=O)CN2CCN(c3ccccn3)CC2)CCN1.Cl.Cl. The molecule has 2 N–H and O–H groups in total. The van der Waals surface area contributed by atoms with E-state index in [9.17, 15) is 4.79 Å². The van der Waals surface area contributed by atoms with Crippen LogP contribution in [0.25, 0.3) is 0 Å². The normalized spacial score (nSPS) is 24.0. The van der Waals surface area contributed by atoms with Crippen molar-refractivity contribution in [3.8, 4) is 0 Å². The van der Waals surface area contributed by atoms with Crippen LogP contribution >= 0.6 is 24.8 Å². The van der Waals surface area contributed by atoms with E-state index in [1.807, 2.05) is 24.4 Å². The van der Waals surface area contributed by atoms with Gasteiger partial charge in [-0.25, -0.2) is 4.98 Å². The van der Waals surface area contributed by atoms with Crippen LogP contribution in [-0.2, 0) is 4.79 Å². The van der Waals surface area contributed by atoms with Crippen LogP contribution < -0.4 is 15.5 Å². The summed E-state index contributed by atoms with van der Waals surface area (Å²) in [6, 6.07) is 6.82. The van der Waals surface area contributed by atoms with Gasteiger partial charge in [-0.05, 0) is 38.4 Å². The third-order valence-corrected chi connectivity index (χ3v) is 4.70. The van der Waals surface area contributed by atoms with E-state index in [2.05, 4.69) is 32.3 Å². The molecule has 1 aromatic heterocycles. The third-order valence-electron chi connectivity index (χ3n) is 4.70. The molecule has 3 heterocycles. The van der Waals surface area contributed by atoms with Gasteiger partial charge in [-0.1, -0.05) is 6.07 Å². The Balaban J connectivity index is 0.00000156. The highest BCUT2D eigenvalue weighted by Gasteiger charge is 2.23. The monoisotopic (exact) mass is 389 g/mol. The summed E-state index contributed by atoms with van der Waals surface area (Å²) in [7, 11) is 0. The van der Waals surface area contributed by atoms with Gasteiger partial charge in [0.15, 0.2) is 0 Å². The zero-order valence-corrected chi connectivity index (χ0v) is 16.3. The molecule has 142 valence electrons. The molecule has 2 unspecified atom stereocenters. The maximum absolute atomic E-state index is 12.2. The minimum Gasteiger partial charge on any atom is -0.354 e. The Labute approximate surface area is 162 Å². The van der Waals surface area contributed by atoms with E-state index in [-0.39, 0.29) is 30.7 Å². The van der Waals surface area contributed by atoms with Crippen molar-refractivity contribution in [3.05, 3.63) is 24.4 Å². The Morgan fingerprint density at radius 2 is 2.04 bits per heavy atom. The number of piperidine rings is 1. The van der Waals surface area contributed by atoms with E-state index < -0.39 is 0 Å². The minimum absolute atomic E-state index is 0. The second kappa shape index (κ2) is 10.8. The van der Waals surface area contributed by atoms with Gasteiger partial charge in [0.25, 0.3) is 0 Å². The fraction of sp³-hybridized carbons (Fsp3) is 0.647. The molecule has 6 nitrogen and oxygen atoms in total. The standard InChI is InChI=1S/C17H27N5O.2ClH/c1-14-12-15(5-7-18-14)20-17(23)13-21-8-10-22(11-9-21)16-4-2-3-6-19-16;;/h2-4,6,14-15,18H,5,7-13H2,1H3,(H,20,23);2*1H. The Hall–Kier alpha value is -1.08. The molecule has 0 aromatic carbocycles. The van der Waals surface area contributed by atoms with Crippen molar-refractivity contribution in [2.24, 2.45) is 0 Å². The van der Waals surface area contributed by atoms with Crippen molar-refractivity contribution in [3.63, 3.8) is 0 Å². The largest absolute Gasteiger partial charge is 0.354 e. The molecule has 0 saturated carbocycles. The average molecular weight is 390 g/mol. The topological polar surface area (TPSA) is 60.5 Å². The highest BCUT2D eigenvalue weighted by Crippen LogP contribution is 2.12. The molecule has 3 rings (SSSR count). The lowest BCUT2D eigenvalue weighted by Gasteiger charge is -2.35. The predicted molar refractivity (Wildman–Crippen MR) is 106 cm³/mol. The Morgan fingerprint density at radius 3 is 2.68 bits per heavy atom. The first kappa shape index (κ1) is 22.0. The number of nitrogens with one attached hydrogen (secondary N) is 2. The number of rotatable bonds is 4. The van der Waals surface area contributed by atoms with Gasteiger partial charge in [0, 0.05) is 44.5 Å². The molecule has 1 amide bonds. The fourth-order valence-electron chi connectivity index (χ4n) is 3.42. The average Bonchev–Trinajstić information content (AvgIpc) is 2.56. The molecule has 2 aliphatic rings. The first-order valence-electron chi connectivity index (χ1n) is 8.62. The molecule has 0 bridgehead atoms. The lowest BCUT2D eigenvalue weighted by atomic mass is 10.0. The van der Waals surface area contributed by atoms with E-state index in [0.29, 0.717) is 18.6 Å². The van der Waals surface area contributed by atoms with Gasteiger partial charge < -0.3 is 15.5 Å². The number of hydrogen-bond acceptors (Lipinski definition) is 5. The van der Waals surface area contributed by atoms with Crippen molar-refractivity contribution in [1.29, 1.82) is 0 Å². The first-order valence-corrected chi connectivity index (χ1v) is 8.62. The van der Waals surface area contributed by atoms with Gasteiger partial charge >= 0.3 is 0 Å². The zero-order chi connectivity index (χ0) is 16.1. The fourth-order valence-corrected chi connectivity index (χ4v) is 3.42. The van der Waals surface area contributed by atoms with E-state index in [4.69, 9.17) is 0 Å². The molecule has 2 saturated heterocycles. The number of hydrogen-bond donors (Lipinski definition) is 2. The second-order valence-corrected chi connectivity index (χ2v) is 6.60. The van der Waals surface area contributed by atoms with Crippen molar-refractivity contribution < 1.29 is 4.79 Å². The van der Waals surface area contributed by atoms with E-state index in [1.165, 1.54) is 0 Å². The first-order chi connectivity index (χ1) is 11.2. The van der Waals surface area contributed by atoms with Crippen molar-refractivity contribution in [2.45, 2.75) is 31.8 Å². The van der Waals surface area contributed by atoms with E-state index in [0.717, 1.165) is 51.4 Å². The lowest BCUT2D eigenvalue weighted by molar-refractivity contribution is -0.123. The van der Waals surface area contributed by atoms with Crippen LogP contribution in [0.4, 0.5) is 5.82 Å². The molecule has 2 atom stereocenters. The molecule has 2 aliphatic heterocycles. The summed E-state index contributed by atoms with van der Waals surface area (Å²) in [5.41, 5.74) is 0. The highest BCUT2D eigenvalue weighted by molar-refractivity contribution is 5.85. The third kappa shape index (κ3) is 6.62. The van der Waals surface area contributed by atoms with Crippen LogP contribution in [0.2, 0.25) is 0 Å². The molecular formula is C17H29Cl2N5O. The predicted octanol–water partition coefficient (Wildman–Crippen LogP) is 1.30. The molecule has 2 fully saturated rings. The molecule has 25 heavy (non-hydrogen) atoms. The zero-order valence-electron chi connectivity index (χ0n) is 14.7. The van der Waals surface area contributed by atoms with Crippen LogP contribution in [0.1, 0.15) is 19.8 Å². The number of amides is 1. The number of halogens is 2. The number of carbonyl (C=O) groups excluding carboxylic acids is 1. The van der Waals surface area contributed by atoms with Crippen LogP contribution in [0, 0.1) is 0 Å². The van der Waals surface area contributed by atoms with Crippen LogP contribution in [0.15, 0.2) is 24.4 Å². The summed E-state index contributed by atoms with van der Waals surface area (Å²) < 4.78 is 0. The smallest absolute Gasteiger partial charge is 0.234 e. The van der Waals surface area contributed by atoms with Crippen LogP contribution in [0.5, 0.6) is 0 Å². The minimum atomic E-state index is 0. The Bertz CT molecular complexity index is 511. The number of pyridine rings is 1. The maximum Gasteiger partial charge on any atom is 0.234 e. The summed E-state index contributed by atoms with van der Waals surface area (Å²) in [6.07, 6.45) is 3.89. The summed E-state index contributed by atoms with van der Waals surface area (Å²) in [4.78, 5) is 21.1. The molecule has 0 radical (unpaired) electrons. The van der Waals surface area contributed by atoms with E-state index in [1.54, 1.807) is 0 Å². The molecule has 0 aliphatic carbocycles. The molecule has 1 aromatic rings. The number of anilines is 1. The van der Waals surface area contributed by atoms with Gasteiger partial charge in [-0.3, -0.25) is 9.69 Å². The van der Waals surface area contributed by atoms with Crippen molar-refractivity contribution in [2.75, 3.05) is 44.2 Å². The molecular weight excluding hydrogens is 361 g/mol. The molecule has 8 heteroatoms. The maximum atomic E-state index is 12.2. The van der Waals surface area contributed by atoms with Gasteiger partial charge in [0.2, 0.25) is 5.91 Å². The van der Waals surface area contributed by atoms with Crippen LogP contribution in [0.3, 0.4) is 0 Å². The van der Waals surface area contributed by atoms with Crippen molar-refractivity contribution in [1.82, 2.24) is 20.5 Å².